The Bertz CT molecular complexity index is 205. The lowest BCUT2D eigenvalue weighted by Crippen LogP contribution is -2.54. The van der Waals surface area contributed by atoms with Crippen molar-refractivity contribution < 1.29 is 9.53 Å². The molecule has 0 aromatic heterocycles. The molecule has 0 saturated heterocycles. The second-order valence-electron chi connectivity index (χ2n) is 4.58. The van der Waals surface area contributed by atoms with Crippen LogP contribution < -0.4 is 5.73 Å². The van der Waals surface area contributed by atoms with Gasteiger partial charge in [-0.3, -0.25) is 4.79 Å². The summed E-state index contributed by atoms with van der Waals surface area (Å²) in [6, 6.07) is 0. The van der Waals surface area contributed by atoms with Gasteiger partial charge in [0.2, 0.25) is 0 Å². The van der Waals surface area contributed by atoms with Gasteiger partial charge in [-0.25, -0.2) is 0 Å². The molecule has 0 aromatic carbocycles. The van der Waals surface area contributed by atoms with Crippen LogP contribution in [0.15, 0.2) is 0 Å². The lowest BCUT2D eigenvalue weighted by molar-refractivity contribution is -0.149. The molecule has 2 N–H and O–H groups in total. The van der Waals surface area contributed by atoms with Crippen LogP contribution in [0.3, 0.4) is 0 Å². The summed E-state index contributed by atoms with van der Waals surface area (Å²) in [5.41, 5.74) is 5.03. The van der Waals surface area contributed by atoms with Gasteiger partial charge >= 0.3 is 5.97 Å². The number of hydrogen-bond acceptors (Lipinski definition) is 4. The van der Waals surface area contributed by atoms with Crippen molar-refractivity contribution in [2.75, 3.05) is 26.7 Å². The van der Waals surface area contributed by atoms with Gasteiger partial charge in [-0.05, 0) is 33.9 Å². The summed E-state index contributed by atoms with van der Waals surface area (Å²) in [5, 5.41) is 0. The highest BCUT2D eigenvalue weighted by atomic mass is 16.5. The number of nitrogens with zero attached hydrogens (tertiary/aromatic N) is 1. The Balaban J connectivity index is 3.98. The van der Waals surface area contributed by atoms with Crippen molar-refractivity contribution in [3.05, 3.63) is 0 Å². The maximum atomic E-state index is 11.6. The first kappa shape index (κ1) is 15.4. The summed E-state index contributed by atoms with van der Waals surface area (Å²) in [5.74, 6) is -0.322. The zero-order chi connectivity index (χ0) is 12.6. The number of nitrogens with two attached hydrogens (primary N) is 1. The fourth-order valence-corrected chi connectivity index (χ4v) is 1.63. The van der Waals surface area contributed by atoms with Crippen molar-refractivity contribution in [2.24, 2.45) is 5.73 Å². The molecule has 0 amide bonds. The van der Waals surface area contributed by atoms with Crippen molar-refractivity contribution in [2.45, 2.75) is 45.6 Å². The molecule has 0 rings (SSSR count). The van der Waals surface area contributed by atoms with Crippen molar-refractivity contribution >= 4 is 5.97 Å². The fourth-order valence-electron chi connectivity index (χ4n) is 1.63. The highest BCUT2D eigenvalue weighted by Gasteiger charge is 2.31. The van der Waals surface area contributed by atoms with Crippen molar-refractivity contribution in [1.29, 1.82) is 0 Å². The minimum atomic E-state index is -0.906. The summed E-state index contributed by atoms with van der Waals surface area (Å²) >= 11 is 0. The van der Waals surface area contributed by atoms with Crippen LogP contribution in [0, 0.1) is 0 Å². The Labute approximate surface area is 99.1 Å². The van der Waals surface area contributed by atoms with E-state index in [0.29, 0.717) is 13.2 Å². The monoisotopic (exact) mass is 230 g/mol. The zero-order valence-electron chi connectivity index (χ0n) is 11.1. The van der Waals surface area contributed by atoms with E-state index in [1.807, 2.05) is 7.05 Å². The summed E-state index contributed by atoms with van der Waals surface area (Å²) < 4.78 is 4.94. The summed E-state index contributed by atoms with van der Waals surface area (Å²) in [7, 11) is 1.99. The van der Waals surface area contributed by atoms with Gasteiger partial charge in [0.25, 0.3) is 0 Å². The van der Waals surface area contributed by atoms with Crippen molar-refractivity contribution in [3.63, 3.8) is 0 Å². The van der Waals surface area contributed by atoms with Crippen LogP contribution >= 0.6 is 0 Å². The molecule has 4 nitrogen and oxygen atoms in total. The summed E-state index contributed by atoms with van der Waals surface area (Å²) in [6.07, 6.45) is 3.56. The minimum Gasteiger partial charge on any atom is -0.465 e. The summed E-state index contributed by atoms with van der Waals surface area (Å²) in [4.78, 5) is 13.6. The van der Waals surface area contributed by atoms with Gasteiger partial charge in [0.15, 0.2) is 0 Å². The van der Waals surface area contributed by atoms with Crippen molar-refractivity contribution in [3.8, 4) is 0 Å². The molecule has 16 heavy (non-hydrogen) atoms. The first-order chi connectivity index (χ1) is 7.44. The number of ether oxygens (including phenoxy) is 1. The first-order valence-electron chi connectivity index (χ1n) is 6.08. The normalized spacial score (nSPS) is 14.9. The Morgan fingerprint density at radius 2 is 2.00 bits per heavy atom. The van der Waals surface area contributed by atoms with E-state index in [1.165, 1.54) is 12.8 Å². The van der Waals surface area contributed by atoms with Crippen LogP contribution in [0.1, 0.15) is 40.0 Å². The molecule has 0 heterocycles. The Morgan fingerprint density at radius 1 is 1.38 bits per heavy atom. The van der Waals surface area contributed by atoms with E-state index < -0.39 is 5.54 Å². The number of likely N-dealkylation sites (N-methyl/N-ethyl adjacent to an activating group) is 1. The van der Waals surface area contributed by atoms with Gasteiger partial charge in [-0.15, -0.1) is 0 Å². The zero-order valence-corrected chi connectivity index (χ0v) is 11.1. The molecule has 4 heteroatoms. The molecule has 0 saturated carbocycles. The molecule has 0 aliphatic carbocycles. The van der Waals surface area contributed by atoms with E-state index in [1.54, 1.807) is 13.8 Å². The molecule has 0 radical (unpaired) electrons. The number of carbonyl (C=O) groups is 1. The molecule has 0 spiro atoms. The van der Waals surface area contributed by atoms with E-state index in [-0.39, 0.29) is 5.97 Å². The largest absolute Gasteiger partial charge is 0.465 e. The number of rotatable bonds is 8. The van der Waals surface area contributed by atoms with Crippen molar-refractivity contribution in [1.82, 2.24) is 4.90 Å². The predicted molar refractivity (Wildman–Crippen MR) is 66.2 cm³/mol. The molecule has 1 unspecified atom stereocenters. The van der Waals surface area contributed by atoms with Gasteiger partial charge in [-0.1, -0.05) is 19.8 Å². The van der Waals surface area contributed by atoms with Gasteiger partial charge in [0.1, 0.15) is 5.54 Å². The van der Waals surface area contributed by atoms with E-state index in [4.69, 9.17) is 10.5 Å². The highest BCUT2D eigenvalue weighted by Crippen LogP contribution is 2.06. The molecular weight excluding hydrogens is 204 g/mol. The average molecular weight is 230 g/mol. The second kappa shape index (κ2) is 7.63. The predicted octanol–water partition coefficient (Wildman–Crippen LogP) is 1.39. The minimum absolute atomic E-state index is 0.322. The van der Waals surface area contributed by atoms with E-state index in [9.17, 15) is 4.79 Å². The molecule has 1 atom stereocenters. The Hall–Kier alpha value is -0.610. The number of esters is 1. The standard InChI is InChI=1S/C12H26N2O2/c1-5-7-8-9-14(4)10-12(3,13)11(15)16-6-2/h5-10,13H2,1-4H3. The van der Waals surface area contributed by atoms with E-state index in [2.05, 4.69) is 11.8 Å². The topological polar surface area (TPSA) is 55.6 Å². The number of hydrogen-bond donors (Lipinski definition) is 1. The molecule has 0 aliphatic heterocycles. The molecule has 96 valence electrons. The lowest BCUT2D eigenvalue weighted by atomic mass is 10.0. The van der Waals surface area contributed by atoms with Crippen LogP contribution in [0.5, 0.6) is 0 Å². The van der Waals surface area contributed by atoms with E-state index in [0.717, 1.165) is 13.0 Å². The fraction of sp³-hybridized carbons (Fsp3) is 0.917. The quantitative estimate of drug-likeness (QED) is 0.506. The molecule has 0 aliphatic rings. The second-order valence-corrected chi connectivity index (χ2v) is 4.58. The smallest absolute Gasteiger partial charge is 0.327 e. The third kappa shape index (κ3) is 6.08. The molecule has 0 bridgehead atoms. The van der Waals surface area contributed by atoms with Crippen LogP contribution in [0.2, 0.25) is 0 Å². The number of unbranched alkanes of at least 4 members (excludes halogenated alkanes) is 2. The van der Waals surface area contributed by atoms with Gasteiger partial charge in [0.05, 0.1) is 6.61 Å². The number of carbonyl (C=O) groups excluding carboxylic acids is 1. The lowest BCUT2D eigenvalue weighted by Gasteiger charge is -2.28. The van der Waals surface area contributed by atoms with Crippen LogP contribution in [-0.4, -0.2) is 43.2 Å². The van der Waals surface area contributed by atoms with Crippen LogP contribution in [0.4, 0.5) is 0 Å². The average Bonchev–Trinajstić information content (AvgIpc) is 2.17. The van der Waals surface area contributed by atoms with Gasteiger partial charge in [-0.2, -0.15) is 0 Å². The Kier molecular flexibility index (Phi) is 7.34. The molecule has 0 aromatic rings. The highest BCUT2D eigenvalue weighted by molar-refractivity contribution is 5.80. The Morgan fingerprint density at radius 3 is 2.50 bits per heavy atom. The maximum absolute atomic E-state index is 11.6. The molecular formula is C12H26N2O2. The van der Waals surface area contributed by atoms with Crippen LogP contribution in [-0.2, 0) is 9.53 Å². The first-order valence-corrected chi connectivity index (χ1v) is 6.08. The van der Waals surface area contributed by atoms with E-state index >= 15 is 0 Å². The van der Waals surface area contributed by atoms with Crippen LogP contribution in [0.25, 0.3) is 0 Å². The SMILES string of the molecule is CCCCCN(C)CC(C)(N)C(=O)OCC. The maximum Gasteiger partial charge on any atom is 0.327 e. The molecule has 0 fully saturated rings. The van der Waals surface area contributed by atoms with Gasteiger partial charge < -0.3 is 15.4 Å². The third-order valence-corrected chi connectivity index (χ3v) is 2.48. The van der Waals surface area contributed by atoms with Gasteiger partial charge in [0, 0.05) is 6.54 Å². The summed E-state index contributed by atoms with van der Waals surface area (Å²) in [6.45, 7) is 7.58. The third-order valence-electron chi connectivity index (χ3n) is 2.48.